The zero-order valence-corrected chi connectivity index (χ0v) is 10.1. The van der Waals surface area contributed by atoms with Gasteiger partial charge in [-0.3, -0.25) is 4.79 Å². The minimum absolute atomic E-state index is 0.0415. The van der Waals surface area contributed by atoms with E-state index in [1.807, 2.05) is 27.7 Å². The number of esters is 1. The van der Waals surface area contributed by atoms with Crippen LogP contribution in [0.2, 0.25) is 0 Å². The van der Waals surface area contributed by atoms with E-state index in [1.54, 1.807) is 0 Å². The normalized spacial score (nSPS) is 41.3. The predicted molar refractivity (Wildman–Crippen MR) is 58.3 cm³/mol. The summed E-state index contributed by atoms with van der Waals surface area (Å²) in [6.07, 6.45) is 1.42. The van der Waals surface area contributed by atoms with Crippen molar-refractivity contribution in [2.24, 2.45) is 17.8 Å². The predicted octanol–water partition coefficient (Wildman–Crippen LogP) is 1.98. The molecule has 15 heavy (non-hydrogen) atoms. The highest BCUT2D eigenvalue weighted by atomic mass is 16.5. The molecule has 3 heteroatoms. The van der Waals surface area contributed by atoms with Crippen LogP contribution in [0, 0.1) is 17.8 Å². The Balaban J connectivity index is 2.68. The summed E-state index contributed by atoms with van der Waals surface area (Å²) in [6, 6.07) is 0. The number of carbonyl (C=O) groups is 1. The standard InChI is InChI=1S/C12H22O3/c1-5-15-11(13)10-6-7-12(4,14)9(3)8(10)2/h8-10,14H,5-7H2,1-4H3. The molecule has 0 bridgehead atoms. The molecule has 0 spiro atoms. The molecule has 0 radical (unpaired) electrons. The molecule has 88 valence electrons. The molecule has 4 atom stereocenters. The largest absolute Gasteiger partial charge is 0.466 e. The lowest BCUT2D eigenvalue weighted by Crippen LogP contribution is -2.46. The molecule has 1 saturated carbocycles. The third kappa shape index (κ3) is 2.51. The van der Waals surface area contributed by atoms with Crippen molar-refractivity contribution in [1.29, 1.82) is 0 Å². The van der Waals surface area contributed by atoms with Gasteiger partial charge in [0, 0.05) is 0 Å². The SMILES string of the molecule is CCOC(=O)C1CCC(C)(O)C(C)C1C. The number of hydrogen-bond acceptors (Lipinski definition) is 3. The van der Waals surface area contributed by atoms with E-state index in [9.17, 15) is 9.90 Å². The van der Waals surface area contributed by atoms with Gasteiger partial charge in [-0.15, -0.1) is 0 Å². The Morgan fingerprint density at radius 2 is 2.13 bits per heavy atom. The van der Waals surface area contributed by atoms with E-state index in [1.165, 1.54) is 0 Å². The molecule has 0 saturated heterocycles. The average Bonchev–Trinajstić information content (AvgIpc) is 2.15. The summed E-state index contributed by atoms with van der Waals surface area (Å²) in [5.41, 5.74) is -0.636. The summed E-state index contributed by atoms with van der Waals surface area (Å²) >= 11 is 0. The van der Waals surface area contributed by atoms with E-state index in [2.05, 4.69) is 0 Å². The van der Waals surface area contributed by atoms with Gasteiger partial charge >= 0.3 is 5.97 Å². The summed E-state index contributed by atoms with van der Waals surface area (Å²) in [5, 5.41) is 10.1. The van der Waals surface area contributed by atoms with Crippen LogP contribution < -0.4 is 0 Å². The second kappa shape index (κ2) is 4.52. The van der Waals surface area contributed by atoms with Crippen molar-refractivity contribution in [2.45, 2.75) is 46.1 Å². The van der Waals surface area contributed by atoms with E-state index in [0.29, 0.717) is 13.0 Å². The maximum Gasteiger partial charge on any atom is 0.309 e. The molecule has 0 aromatic carbocycles. The Bertz CT molecular complexity index is 235. The van der Waals surface area contributed by atoms with Crippen LogP contribution in [0.15, 0.2) is 0 Å². The fourth-order valence-corrected chi connectivity index (χ4v) is 2.43. The lowest BCUT2D eigenvalue weighted by Gasteiger charge is -2.42. The molecule has 1 aliphatic rings. The summed E-state index contributed by atoms with van der Waals surface area (Å²) in [6.45, 7) is 8.16. The lowest BCUT2D eigenvalue weighted by atomic mass is 9.66. The van der Waals surface area contributed by atoms with Gasteiger partial charge in [-0.1, -0.05) is 13.8 Å². The summed E-state index contributed by atoms with van der Waals surface area (Å²) < 4.78 is 5.05. The Morgan fingerprint density at radius 3 is 2.67 bits per heavy atom. The first-order valence-corrected chi connectivity index (χ1v) is 5.79. The van der Waals surface area contributed by atoms with Crippen molar-refractivity contribution in [3.63, 3.8) is 0 Å². The first-order chi connectivity index (χ1) is 6.90. The minimum Gasteiger partial charge on any atom is -0.466 e. The molecule has 0 aromatic rings. The number of aliphatic hydroxyl groups is 1. The molecule has 3 nitrogen and oxygen atoms in total. The average molecular weight is 214 g/mol. The van der Waals surface area contributed by atoms with Gasteiger partial charge in [0.2, 0.25) is 0 Å². The number of rotatable bonds is 2. The van der Waals surface area contributed by atoms with E-state index in [-0.39, 0.29) is 23.7 Å². The first-order valence-electron chi connectivity index (χ1n) is 5.79. The third-order valence-corrected chi connectivity index (χ3v) is 3.96. The van der Waals surface area contributed by atoms with E-state index < -0.39 is 5.60 Å². The summed E-state index contributed by atoms with van der Waals surface area (Å²) in [4.78, 5) is 11.7. The second-order valence-corrected chi connectivity index (χ2v) is 4.90. The van der Waals surface area contributed by atoms with Crippen molar-refractivity contribution in [2.75, 3.05) is 6.61 Å². The Labute approximate surface area is 91.8 Å². The molecule has 0 aromatic heterocycles. The Morgan fingerprint density at radius 1 is 1.53 bits per heavy atom. The first kappa shape index (κ1) is 12.5. The number of hydrogen-bond donors (Lipinski definition) is 1. The third-order valence-electron chi connectivity index (χ3n) is 3.96. The molecule has 4 unspecified atom stereocenters. The van der Waals surface area contributed by atoms with Crippen molar-refractivity contribution in [3.05, 3.63) is 0 Å². The Kier molecular flexibility index (Phi) is 3.77. The zero-order valence-electron chi connectivity index (χ0n) is 10.1. The molecular weight excluding hydrogens is 192 g/mol. The summed E-state index contributed by atoms with van der Waals surface area (Å²) in [7, 11) is 0. The van der Waals surface area contributed by atoms with Gasteiger partial charge in [0.05, 0.1) is 18.1 Å². The van der Waals surface area contributed by atoms with Crippen molar-refractivity contribution in [1.82, 2.24) is 0 Å². The molecule has 1 N–H and O–H groups in total. The van der Waals surface area contributed by atoms with Crippen LogP contribution in [0.1, 0.15) is 40.5 Å². The highest BCUT2D eigenvalue weighted by Gasteiger charge is 2.43. The minimum atomic E-state index is -0.636. The molecular formula is C12H22O3. The van der Waals surface area contributed by atoms with Crippen molar-refractivity contribution < 1.29 is 14.6 Å². The zero-order chi connectivity index (χ0) is 11.6. The number of ether oxygens (including phenoxy) is 1. The van der Waals surface area contributed by atoms with Crippen LogP contribution in [0.4, 0.5) is 0 Å². The monoisotopic (exact) mass is 214 g/mol. The summed E-state index contributed by atoms with van der Waals surface area (Å²) in [5.74, 6) is 0.181. The van der Waals surface area contributed by atoms with E-state index in [0.717, 1.165) is 6.42 Å². The molecule has 1 aliphatic carbocycles. The lowest BCUT2D eigenvalue weighted by molar-refractivity contribution is -0.157. The van der Waals surface area contributed by atoms with Crippen LogP contribution in [0.25, 0.3) is 0 Å². The molecule has 0 amide bonds. The molecule has 0 heterocycles. The smallest absolute Gasteiger partial charge is 0.309 e. The highest BCUT2D eigenvalue weighted by molar-refractivity contribution is 5.73. The van der Waals surface area contributed by atoms with Gasteiger partial charge in [-0.05, 0) is 38.5 Å². The van der Waals surface area contributed by atoms with Gasteiger partial charge in [-0.25, -0.2) is 0 Å². The van der Waals surface area contributed by atoms with E-state index >= 15 is 0 Å². The Hall–Kier alpha value is -0.570. The van der Waals surface area contributed by atoms with Crippen LogP contribution in [0.5, 0.6) is 0 Å². The fourth-order valence-electron chi connectivity index (χ4n) is 2.43. The maximum atomic E-state index is 11.7. The number of carbonyl (C=O) groups excluding carboxylic acids is 1. The van der Waals surface area contributed by atoms with Crippen molar-refractivity contribution in [3.8, 4) is 0 Å². The second-order valence-electron chi connectivity index (χ2n) is 4.90. The van der Waals surface area contributed by atoms with Crippen LogP contribution in [-0.4, -0.2) is 23.3 Å². The molecule has 0 aliphatic heterocycles. The highest BCUT2D eigenvalue weighted by Crippen LogP contribution is 2.41. The topological polar surface area (TPSA) is 46.5 Å². The maximum absolute atomic E-state index is 11.7. The van der Waals surface area contributed by atoms with Gasteiger partial charge in [-0.2, -0.15) is 0 Å². The molecule has 1 rings (SSSR count). The van der Waals surface area contributed by atoms with Crippen LogP contribution in [0.3, 0.4) is 0 Å². The molecule has 1 fully saturated rings. The fraction of sp³-hybridized carbons (Fsp3) is 0.917. The van der Waals surface area contributed by atoms with Crippen LogP contribution in [-0.2, 0) is 9.53 Å². The quantitative estimate of drug-likeness (QED) is 0.715. The van der Waals surface area contributed by atoms with Crippen LogP contribution >= 0.6 is 0 Å². The van der Waals surface area contributed by atoms with E-state index in [4.69, 9.17) is 4.74 Å². The van der Waals surface area contributed by atoms with Gasteiger partial charge in [0.15, 0.2) is 0 Å². The van der Waals surface area contributed by atoms with Gasteiger partial charge < -0.3 is 9.84 Å². The van der Waals surface area contributed by atoms with Crippen molar-refractivity contribution >= 4 is 5.97 Å². The van der Waals surface area contributed by atoms with Gasteiger partial charge in [0.1, 0.15) is 0 Å². The van der Waals surface area contributed by atoms with Gasteiger partial charge in [0.25, 0.3) is 0 Å².